The van der Waals surface area contributed by atoms with Crippen LogP contribution in [0.15, 0.2) is 41.2 Å². The average Bonchev–Trinajstić information content (AvgIpc) is 3.01. The van der Waals surface area contributed by atoms with Gasteiger partial charge < -0.3 is 5.32 Å². The van der Waals surface area contributed by atoms with Gasteiger partial charge >= 0.3 is 6.18 Å². The first kappa shape index (κ1) is 22.3. The van der Waals surface area contributed by atoms with Gasteiger partial charge in [-0.25, -0.2) is 9.67 Å². The molecule has 31 heavy (non-hydrogen) atoms. The summed E-state index contributed by atoms with van der Waals surface area (Å²) in [5.74, 6) is -0.477. The zero-order valence-corrected chi connectivity index (χ0v) is 17.3. The zero-order chi connectivity index (χ0) is 22.8. The van der Waals surface area contributed by atoms with Crippen molar-refractivity contribution < 1.29 is 18.0 Å². The molecule has 1 aromatic carbocycles. The highest BCUT2D eigenvalue weighted by molar-refractivity contribution is 5.90. The molecule has 0 aliphatic carbocycles. The Kier molecular flexibility index (Phi) is 6.28. The van der Waals surface area contributed by atoms with Crippen molar-refractivity contribution in [3.05, 3.63) is 69.4 Å². The summed E-state index contributed by atoms with van der Waals surface area (Å²) in [5.41, 5.74) is 0.676. The Bertz CT molecular complexity index is 1160. The van der Waals surface area contributed by atoms with Crippen molar-refractivity contribution >= 4 is 11.6 Å². The number of rotatable bonds is 6. The summed E-state index contributed by atoms with van der Waals surface area (Å²) in [6.07, 6.45) is -3.17. The summed E-state index contributed by atoms with van der Waals surface area (Å²) in [7, 11) is 0. The summed E-state index contributed by atoms with van der Waals surface area (Å²) in [6, 6.07) is 7.47. The van der Waals surface area contributed by atoms with E-state index in [4.69, 9.17) is 0 Å². The van der Waals surface area contributed by atoms with Crippen molar-refractivity contribution in [2.24, 2.45) is 0 Å². The molecule has 2 aromatic heterocycles. The highest BCUT2D eigenvalue weighted by atomic mass is 19.4. The Morgan fingerprint density at radius 1 is 1.16 bits per heavy atom. The van der Waals surface area contributed by atoms with E-state index in [1.165, 1.54) is 22.9 Å². The summed E-state index contributed by atoms with van der Waals surface area (Å²) in [6.45, 7) is 5.12. The molecule has 0 fully saturated rings. The Hall–Kier alpha value is -3.43. The van der Waals surface area contributed by atoms with Gasteiger partial charge in [0.1, 0.15) is 6.54 Å². The highest BCUT2D eigenvalue weighted by Crippen LogP contribution is 2.30. The quantitative estimate of drug-likeness (QED) is 0.643. The van der Waals surface area contributed by atoms with E-state index in [-0.39, 0.29) is 11.6 Å². The summed E-state index contributed by atoms with van der Waals surface area (Å²) in [5, 5.41) is 6.76. The van der Waals surface area contributed by atoms with Gasteiger partial charge in [-0.05, 0) is 44.5 Å². The van der Waals surface area contributed by atoms with E-state index in [1.54, 1.807) is 13.8 Å². The predicted molar refractivity (Wildman–Crippen MR) is 109 cm³/mol. The van der Waals surface area contributed by atoms with Gasteiger partial charge in [-0.3, -0.25) is 14.2 Å². The van der Waals surface area contributed by atoms with E-state index in [1.807, 2.05) is 13.0 Å². The first-order chi connectivity index (χ1) is 14.6. The number of halogens is 3. The van der Waals surface area contributed by atoms with Crippen molar-refractivity contribution in [3.8, 4) is 5.95 Å². The minimum Gasteiger partial charge on any atom is -0.325 e. The largest absolute Gasteiger partial charge is 0.416 e. The number of carbonyl (C=O) groups excluding carboxylic acids is 1. The van der Waals surface area contributed by atoms with E-state index < -0.39 is 29.8 Å². The van der Waals surface area contributed by atoms with Crippen molar-refractivity contribution in [1.82, 2.24) is 19.3 Å². The van der Waals surface area contributed by atoms with Crippen LogP contribution in [0.1, 0.15) is 36.0 Å². The standard InChI is InChI=1S/C21H22F3N5O2/c1-4-6-16-11-19(31)28(20(26-16)29-14(3)9-13(2)27-29)12-18(30)25-17-8-5-7-15(10-17)21(22,23)24/h5,7-11H,4,6,12H2,1-3H3,(H,25,30). The number of carbonyl (C=O) groups is 1. The number of aromatic nitrogens is 4. The molecule has 0 saturated heterocycles. The maximum Gasteiger partial charge on any atom is 0.416 e. The minimum atomic E-state index is -4.53. The molecule has 0 atom stereocenters. The number of aryl methyl sites for hydroxylation is 3. The molecule has 2 heterocycles. The van der Waals surface area contributed by atoms with Crippen LogP contribution in [-0.2, 0) is 23.9 Å². The highest BCUT2D eigenvalue weighted by Gasteiger charge is 2.30. The van der Waals surface area contributed by atoms with Gasteiger partial charge in [-0.15, -0.1) is 0 Å². The fraction of sp³-hybridized carbons (Fsp3) is 0.333. The molecule has 3 aromatic rings. The third-order valence-corrected chi connectivity index (χ3v) is 4.52. The Morgan fingerprint density at radius 2 is 1.90 bits per heavy atom. The first-order valence-corrected chi connectivity index (χ1v) is 9.70. The zero-order valence-electron chi connectivity index (χ0n) is 17.3. The SMILES string of the molecule is CCCc1cc(=O)n(CC(=O)Nc2cccc(C(F)(F)F)c2)c(-n2nc(C)cc2C)n1. The molecule has 0 bridgehead atoms. The number of nitrogens with one attached hydrogen (secondary N) is 1. The van der Waals surface area contributed by atoms with Gasteiger partial charge in [-0.1, -0.05) is 19.4 Å². The van der Waals surface area contributed by atoms with Crippen LogP contribution in [0.25, 0.3) is 5.95 Å². The molecular weight excluding hydrogens is 411 g/mol. The van der Waals surface area contributed by atoms with E-state index in [9.17, 15) is 22.8 Å². The molecule has 0 spiro atoms. The molecule has 3 rings (SSSR count). The Morgan fingerprint density at radius 3 is 2.52 bits per heavy atom. The van der Waals surface area contributed by atoms with Gasteiger partial charge in [0.15, 0.2) is 0 Å². The lowest BCUT2D eigenvalue weighted by Gasteiger charge is -2.15. The third kappa shape index (κ3) is 5.19. The maximum absolute atomic E-state index is 12.9. The molecule has 0 unspecified atom stereocenters. The second kappa shape index (κ2) is 8.75. The fourth-order valence-corrected chi connectivity index (χ4v) is 3.18. The lowest BCUT2D eigenvalue weighted by molar-refractivity contribution is -0.137. The molecule has 7 nitrogen and oxygen atoms in total. The normalized spacial score (nSPS) is 11.5. The van der Waals surface area contributed by atoms with Crippen LogP contribution >= 0.6 is 0 Å². The lowest BCUT2D eigenvalue weighted by atomic mass is 10.2. The molecular formula is C21H22F3N5O2. The lowest BCUT2D eigenvalue weighted by Crippen LogP contribution is -2.32. The number of nitrogens with zero attached hydrogens (tertiary/aromatic N) is 4. The minimum absolute atomic E-state index is 0.0175. The Balaban J connectivity index is 1.94. The van der Waals surface area contributed by atoms with E-state index in [2.05, 4.69) is 15.4 Å². The van der Waals surface area contributed by atoms with Crippen LogP contribution in [0.3, 0.4) is 0 Å². The summed E-state index contributed by atoms with van der Waals surface area (Å²) in [4.78, 5) is 29.8. The topological polar surface area (TPSA) is 81.8 Å². The number of amides is 1. The van der Waals surface area contributed by atoms with Crippen LogP contribution < -0.4 is 10.9 Å². The maximum atomic E-state index is 12.9. The third-order valence-electron chi connectivity index (χ3n) is 4.52. The summed E-state index contributed by atoms with van der Waals surface area (Å²) >= 11 is 0. The van der Waals surface area contributed by atoms with E-state index in [0.717, 1.165) is 28.8 Å². The molecule has 10 heteroatoms. The van der Waals surface area contributed by atoms with Crippen LogP contribution in [0, 0.1) is 13.8 Å². The number of alkyl halides is 3. The van der Waals surface area contributed by atoms with E-state index in [0.29, 0.717) is 17.8 Å². The molecule has 0 radical (unpaired) electrons. The second-order valence-electron chi connectivity index (χ2n) is 7.19. The number of hydrogen-bond donors (Lipinski definition) is 1. The number of hydrogen-bond acceptors (Lipinski definition) is 4. The first-order valence-electron chi connectivity index (χ1n) is 9.70. The van der Waals surface area contributed by atoms with Gasteiger partial charge in [0.05, 0.1) is 11.3 Å². The molecule has 0 saturated carbocycles. The fourth-order valence-electron chi connectivity index (χ4n) is 3.18. The smallest absolute Gasteiger partial charge is 0.325 e. The Labute approximate surface area is 176 Å². The van der Waals surface area contributed by atoms with Gasteiger partial charge in [-0.2, -0.15) is 18.3 Å². The van der Waals surface area contributed by atoms with Crippen LogP contribution in [0.4, 0.5) is 18.9 Å². The molecule has 164 valence electrons. The van der Waals surface area contributed by atoms with Crippen molar-refractivity contribution in [3.63, 3.8) is 0 Å². The van der Waals surface area contributed by atoms with Crippen LogP contribution in [0.5, 0.6) is 0 Å². The van der Waals surface area contributed by atoms with E-state index >= 15 is 0 Å². The monoisotopic (exact) mass is 433 g/mol. The molecule has 0 aliphatic rings. The molecule has 1 N–H and O–H groups in total. The molecule has 1 amide bonds. The van der Waals surface area contributed by atoms with Gasteiger partial charge in [0.2, 0.25) is 11.9 Å². The van der Waals surface area contributed by atoms with Crippen molar-refractivity contribution in [2.45, 2.75) is 46.3 Å². The van der Waals surface area contributed by atoms with Crippen molar-refractivity contribution in [2.75, 3.05) is 5.32 Å². The predicted octanol–water partition coefficient (Wildman–Crippen LogP) is 3.66. The number of benzene rings is 1. The molecule has 0 aliphatic heterocycles. The van der Waals surface area contributed by atoms with Crippen LogP contribution in [-0.4, -0.2) is 25.2 Å². The van der Waals surface area contributed by atoms with Crippen LogP contribution in [0.2, 0.25) is 0 Å². The summed E-state index contributed by atoms with van der Waals surface area (Å²) < 4.78 is 41.4. The second-order valence-corrected chi connectivity index (χ2v) is 7.19. The van der Waals surface area contributed by atoms with Gasteiger partial charge in [0, 0.05) is 23.1 Å². The van der Waals surface area contributed by atoms with Crippen molar-refractivity contribution in [1.29, 1.82) is 0 Å². The number of anilines is 1. The van der Waals surface area contributed by atoms with Gasteiger partial charge in [0.25, 0.3) is 5.56 Å². The average molecular weight is 433 g/mol.